The van der Waals surface area contributed by atoms with Crippen molar-refractivity contribution in [2.75, 3.05) is 36.4 Å². The molecule has 0 radical (unpaired) electrons. The first kappa shape index (κ1) is 14.4. The van der Waals surface area contributed by atoms with Crippen LogP contribution in [0.2, 0.25) is 0 Å². The van der Waals surface area contributed by atoms with Gasteiger partial charge >= 0.3 is 0 Å². The Hall–Kier alpha value is -1.55. The lowest BCUT2D eigenvalue weighted by atomic mass is 9.83. The van der Waals surface area contributed by atoms with Crippen molar-refractivity contribution < 1.29 is 4.79 Å². The summed E-state index contributed by atoms with van der Waals surface area (Å²) in [4.78, 5) is 15.0. The Morgan fingerprint density at radius 2 is 2.19 bits per heavy atom. The highest BCUT2D eigenvalue weighted by Gasteiger charge is 2.39. The zero-order valence-corrected chi connectivity index (χ0v) is 12.8. The summed E-state index contributed by atoms with van der Waals surface area (Å²) in [6.07, 6.45) is 4.35. The number of carbonyl (C=O) groups is 1. The van der Waals surface area contributed by atoms with Crippen LogP contribution in [0.25, 0.3) is 0 Å². The third kappa shape index (κ3) is 2.91. The van der Waals surface area contributed by atoms with Crippen LogP contribution in [0, 0.1) is 5.41 Å². The molecule has 1 aromatic rings. The maximum absolute atomic E-state index is 12.6. The van der Waals surface area contributed by atoms with Crippen LogP contribution >= 0.6 is 0 Å². The Morgan fingerprint density at radius 3 is 2.86 bits per heavy atom. The second-order valence-corrected chi connectivity index (χ2v) is 6.26. The van der Waals surface area contributed by atoms with Gasteiger partial charge in [0.1, 0.15) is 0 Å². The molecule has 3 rings (SSSR count). The molecule has 1 aromatic carbocycles. The molecule has 2 heterocycles. The predicted octanol–water partition coefficient (Wildman–Crippen LogP) is 2.62. The predicted molar refractivity (Wildman–Crippen MR) is 86.7 cm³/mol. The molecule has 2 saturated heterocycles. The zero-order valence-electron chi connectivity index (χ0n) is 12.8. The van der Waals surface area contributed by atoms with E-state index in [0.717, 1.165) is 44.7 Å². The molecular weight excluding hydrogens is 262 g/mol. The molecule has 1 unspecified atom stereocenters. The largest absolute Gasteiger partial charge is 0.371 e. The van der Waals surface area contributed by atoms with Crippen molar-refractivity contribution in [3.05, 3.63) is 24.3 Å². The third-order valence-corrected chi connectivity index (χ3v) is 4.98. The van der Waals surface area contributed by atoms with E-state index in [2.05, 4.69) is 34.6 Å². The molecule has 2 aliphatic heterocycles. The minimum absolute atomic E-state index is 0.161. The van der Waals surface area contributed by atoms with Crippen LogP contribution in [0.3, 0.4) is 0 Å². The number of carbonyl (C=O) groups excluding carboxylic acids is 1. The minimum atomic E-state index is -0.232. The monoisotopic (exact) mass is 287 g/mol. The zero-order chi connectivity index (χ0) is 14.7. The molecule has 4 nitrogen and oxygen atoms in total. The topological polar surface area (TPSA) is 44.4 Å². The van der Waals surface area contributed by atoms with E-state index in [1.54, 1.807) is 0 Å². The van der Waals surface area contributed by atoms with Crippen LogP contribution in [-0.2, 0) is 4.79 Å². The lowest BCUT2D eigenvalue weighted by Gasteiger charge is -2.25. The molecule has 2 aliphatic rings. The van der Waals surface area contributed by atoms with Crippen LogP contribution in [-0.4, -0.2) is 32.1 Å². The van der Waals surface area contributed by atoms with Crippen LogP contribution in [0.5, 0.6) is 0 Å². The quantitative estimate of drug-likeness (QED) is 0.894. The molecule has 0 aliphatic carbocycles. The van der Waals surface area contributed by atoms with Gasteiger partial charge in [0.2, 0.25) is 5.91 Å². The molecule has 1 atom stereocenters. The fraction of sp³-hybridized carbons (Fsp3) is 0.588. The van der Waals surface area contributed by atoms with Crippen molar-refractivity contribution >= 4 is 17.3 Å². The van der Waals surface area contributed by atoms with Gasteiger partial charge in [0.25, 0.3) is 0 Å². The molecule has 0 spiro atoms. The second-order valence-electron chi connectivity index (χ2n) is 6.26. The number of hydrogen-bond acceptors (Lipinski definition) is 3. The van der Waals surface area contributed by atoms with Crippen LogP contribution in [0.1, 0.15) is 32.6 Å². The van der Waals surface area contributed by atoms with E-state index in [4.69, 9.17) is 0 Å². The number of nitrogens with zero attached hydrogens (tertiary/aromatic N) is 1. The van der Waals surface area contributed by atoms with Crippen molar-refractivity contribution in [1.29, 1.82) is 0 Å². The van der Waals surface area contributed by atoms with E-state index in [1.165, 1.54) is 18.5 Å². The molecule has 21 heavy (non-hydrogen) atoms. The third-order valence-electron chi connectivity index (χ3n) is 4.98. The molecular formula is C17H25N3O. The summed E-state index contributed by atoms with van der Waals surface area (Å²) in [5, 5.41) is 6.45. The van der Waals surface area contributed by atoms with Gasteiger partial charge in [0, 0.05) is 31.0 Å². The van der Waals surface area contributed by atoms with Gasteiger partial charge in [-0.15, -0.1) is 0 Å². The fourth-order valence-electron chi connectivity index (χ4n) is 3.42. The highest BCUT2D eigenvalue weighted by molar-refractivity contribution is 5.96. The van der Waals surface area contributed by atoms with Gasteiger partial charge in [-0.3, -0.25) is 4.79 Å². The normalized spacial score (nSPS) is 25.3. The number of rotatable bonds is 4. The highest BCUT2D eigenvalue weighted by Crippen LogP contribution is 2.31. The summed E-state index contributed by atoms with van der Waals surface area (Å²) in [5.41, 5.74) is 1.91. The molecule has 0 aromatic heterocycles. The lowest BCUT2D eigenvalue weighted by Crippen LogP contribution is -2.37. The van der Waals surface area contributed by atoms with Crippen molar-refractivity contribution in [2.24, 2.45) is 5.41 Å². The number of benzene rings is 1. The SMILES string of the molecule is CCC1(C(=O)Nc2cccc(N3CCCC3)c2)CCNC1. The van der Waals surface area contributed by atoms with Gasteiger partial charge in [0.05, 0.1) is 5.41 Å². The second kappa shape index (κ2) is 6.06. The average Bonchev–Trinajstić information content (AvgIpc) is 3.20. The van der Waals surface area contributed by atoms with Crippen LogP contribution in [0.15, 0.2) is 24.3 Å². The summed E-state index contributed by atoms with van der Waals surface area (Å²) in [5.74, 6) is 0.161. The molecule has 2 fully saturated rings. The smallest absolute Gasteiger partial charge is 0.231 e. The Balaban J connectivity index is 1.72. The van der Waals surface area contributed by atoms with Gasteiger partial charge in [-0.25, -0.2) is 0 Å². The van der Waals surface area contributed by atoms with Gasteiger partial charge in [-0.2, -0.15) is 0 Å². The van der Waals surface area contributed by atoms with E-state index < -0.39 is 0 Å². The van der Waals surface area contributed by atoms with Crippen molar-refractivity contribution in [1.82, 2.24) is 5.32 Å². The van der Waals surface area contributed by atoms with Crippen LogP contribution in [0.4, 0.5) is 11.4 Å². The molecule has 114 valence electrons. The van der Waals surface area contributed by atoms with E-state index >= 15 is 0 Å². The molecule has 0 bridgehead atoms. The van der Waals surface area contributed by atoms with Gasteiger partial charge in [-0.1, -0.05) is 13.0 Å². The van der Waals surface area contributed by atoms with Gasteiger partial charge in [0.15, 0.2) is 0 Å². The van der Waals surface area contributed by atoms with Crippen molar-refractivity contribution in [3.8, 4) is 0 Å². The Bertz CT molecular complexity index is 503. The van der Waals surface area contributed by atoms with Gasteiger partial charge < -0.3 is 15.5 Å². The van der Waals surface area contributed by atoms with E-state index in [-0.39, 0.29) is 11.3 Å². The molecule has 0 saturated carbocycles. The van der Waals surface area contributed by atoms with Gasteiger partial charge in [-0.05, 0) is 50.4 Å². The number of hydrogen-bond donors (Lipinski definition) is 2. The fourth-order valence-corrected chi connectivity index (χ4v) is 3.42. The van der Waals surface area contributed by atoms with Crippen molar-refractivity contribution in [2.45, 2.75) is 32.6 Å². The molecule has 2 N–H and O–H groups in total. The first-order chi connectivity index (χ1) is 10.2. The Labute approximate surface area is 126 Å². The summed E-state index contributed by atoms with van der Waals surface area (Å²) in [6.45, 7) is 6.09. The first-order valence-electron chi connectivity index (χ1n) is 8.11. The first-order valence-corrected chi connectivity index (χ1v) is 8.11. The highest BCUT2D eigenvalue weighted by atomic mass is 16.2. The minimum Gasteiger partial charge on any atom is -0.371 e. The Kier molecular flexibility index (Phi) is 4.15. The summed E-state index contributed by atoms with van der Waals surface area (Å²) < 4.78 is 0. The van der Waals surface area contributed by atoms with Crippen LogP contribution < -0.4 is 15.5 Å². The van der Waals surface area contributed by atoms with E-state index in [0.29, 0.717) is 0 Å². The molecule has 4 heteroatoms. The summed E-state index contributed by atoms with van der Waals surface area (Å²) in [6, 6.07) is 8.26. The van der Waals surface area contributed by atoms with E-state index in [1.807, 2.05) is 12.1 Å². The summed E-state index contributed by atoms with van der Waals surface area (Å²) >= 11 is 0. The van der Waals surface area contributed by atoms with E-state index in [9.17, 15) is 4.79 Å². The number of anilines is 2. The molecule has 1 amide bonds. The summed E-state index contributed by atoms with van der Waals surface area (Å²) in [7, 11) is 0. The maximum Gasteiger partial charge on any atom is 0.231 e. The Morgan fingerprint density at radius 1 is 1.38 bits per heavy atom. The number of nitrogens with one attached hydrogen (secondary N) is 2. The van der Waals surface area contributed by atoms with Crippen molar-refractivity contribution in [3.63, 3.8) is 0 Å². The standard InChI is InChI=1S/C17H25N3O/c1-2-17(8-9-18-13-17)16(21)19-14-6-5-7-15(12-14)20-10-3-4-11-20/h5-7,12,18H,2-4,8-11,13H2,1H3,(H,19,21). The maximum atomic E-state index is 12.6. The average molecular weight is 287 g/mol. The number of amides is 1. The lowest BCUT2D eigenvalue weighted by molar-refractivity contribution is -0.124.